The number of hydrogen-bond donors (Lipinski definition) is 3. The Morgan fingerprint density at radius 3 is 2.57 bits per heavy atom. The Hall–Kier alpha value is -5.34. The fourth-order valence-electron chi connectivity index (χ4n) is 3.95. The quantitative estimate of drug-likeness (QED) is 0.119. The number of halogens is 4. The molecule has 0 radical (unpaired) electrons. The molecular formula is C29H20BrF3N10O2S. The van der Waals surface area contributed by atoms with Crippen LogP contribution in [0.5, 0.6) is 0 Å². The Kier molecular flexibility index (Phi) is 9.88. The van der Waals surface area contributed by atoms with Crippen molar-refractivity contribution >= 4 is 57.0 Å². The molecule has 3 heterocycles. The van der Waals surface area contributed by atoms with Crippen LogP contribution in [0.1, 0.15) is 16.8 Å². The number of imide groups is 1. The molecule has 17 heteroatoms. The number of aromatic nitrogens is 6. The summed E-state index contributed by atoms with van der Waals surface area (Å²) < 4.78 is 42.0. The second-order valence-corrected chi connectivity index (χ2v) is 11.2. The molecule has 3 amide bonds. The number of nitriles is 1. The predicted molar refractivity (Wildman–Crippen MR) is 166 cm³/mol. The molecule has 46 heavy (non-hydrogen) atoms. The smallest absolute Gasteiger partial charge is 0.339 e. The van der Waals surface area contributed by atoms with Crippen LogP contribution in [0.3, 0.4) is 0 Å². The van der Waals surface area contributed by atoms with E-state index in [1.54, 1.807) is 42.5 Å². The van der Waals surface area contributed by atoms with Crippen molar-refractivity contribution in [3.8, 4) is 17.3 Å². The van der Waals surface area contributed by atoms with E-state index in [1.165, 1.54) is 29.2 Å². The third kappa shape index (κ3) is 8.43. The molecule has 2 aromatic carbocycles. The molecule has 0 bridgehead atoms. The van der Waals surface area contributed by atoms with E-state index in [4.69, 9.17) is 0 Å². The van der Waals surface area contributed by atoms with Crippen molar-refractivity contribution in [2.75, 3.05) is 10.6 Å². The van der Waals surface area contributed by atoms with Gasteiger partial charge in [0.1, 0.15) is 24.0 Å². The van der Waals surface area contributed by atoms with E-state index < -0.39 is 23.7 Å². The van der Waals surface area contributed by atoms with Gasteiger partial charge in [0.25, 0.3) is 0 Å². The number of alkyl halides is 3. The van der Waals surface area contributed by atoms with Gasteiger partial charge in [-0.15, -0.1) is 5.10 Å². The number of nitrogens with zero attached hydrogens (tertiary/aromatic N) is 7. The molecule has 0 spiro atoms. The van der Waals surface area contributed by atoms with Gasteiger partial charge in [-0.05, 0) is 42.5 Å². The highest BCUT2D eigenvalue weighted by Crippen LogP contribution is 2.34. The third-order valence-electron chi connectivity index (χ3n) is 5.97. The van der Waals surface area contributed by atoms with E-state index in [2.05, 4.69) is 63.2 Å². The highest BCUT2D eigenvalue weighted by molar-refractivity contribution is 9.10. The zero-order chi connectivity index (χ0) is 32.7. The third-order valence-corrected chi connectivity index (χ3v) is 7.38. The lowest BCUT2D eigenvalue weighted by molar-refractivity contribution is -0.137. The first-order valence-electron chi connectivity index (χ1n) is 13.1. The first-order chi connectivity index (χ1) is 22.1. The number of thioether (sulfide) groups is 1. The first-order valence-corrected chi connectivity index (χ1v) is 14.9. The highest BCUT2D eigenvalue weighted by Gasteiger charge is 2.30. The van der Waals surface area contributed by atoms with Gasteiger partial charge in [0.2, 0.25) is 5.91 Å². The van der Waals surface area contributed by atoms with E-state index >= 15 is 0 Å². The lowest BCUT2D eigenvalue weighted by Crippen LogP contribution is -2.36. The van der Waals surface area contributed by atoms with Gasteiger partial charge < -0.3 is 5.32 Å². The van der Waals surface area contributed by atoms with E-state index in [1.807, 2.05) is 0 Å². The van der Waals surface area contributed by atoms with Crippen LogP contribution in [0.4, 0.5) is 35.3 Å². The minimum absolute atomic E-state index is 0.0153. The summed E-state index contributed by atoms with van der Waals surface area (Å²) in [5, 5.41) is 25.6. The number of amides is 3. The van der Waals surface area contributed by atoms with Crippen molar-refractivity contribution in [1.82, 2.24) is 35.3 Å². The number of benzene rings is 2. The van der Waals surface area contributed by atoms with Gasteiger partial charge >= 0.3 is 12.2 Å². The molecule has 3 aromatic heterocycles. The summed E-state index contributed by atoms with van der Waals surface area (Å²) in [4.78, 5) is 37.3. The van der Waals surface area contributed by atoms with Gasteiger partial charge in [-0.3, -0.25) is 15.4 Å². The van der Waals surface area contributed by atoms with Crippen molar-refractivity contribution in [1.29, 1.82) is 5.26 Å². The summed E-state index contributed by atoms with van der Waals surface area (Å²) in [6.45, 7) is -0.292. The van der Waals surface area contributed by atoms with Crippen LogP contribution in [0.15, 0.2) is 88.8 Å². The molecule has 0 unspecified atom stereocenters. The zero-order valence-corrected chi connectivity index (χ0v) is 25.7. The normalized spacial score (nSPS) is 11.0. The van der Waals surface area contributed by atoms with Gasteiger partial charge in [-0.25, -0.2) is 24.4 Å². The summed E-state index contributed by atoms with van der Waals surface area (Å²) in [6.07, 6.45) is -1.57. The van der Waals surface area contributed by atoms with Crippen molar-refractivity contribution < 1.29 is 22.8 Å². The fourth-order valence-corrected chi connectivity index (χ4v) is 4.93. The molecule has 5 rings (SSSR count). The van der Waals surface area contributed by atoms with E-state index in [9.17, 15) is 28.0 Å². The maximum Gasteiger partial charge on any atom is 0.416 e. The Bertz CT molecular complexity index is 1920. The molecular weight excluding hydrogens is 689 g/mol. The molecule has 0 saturated carbocycles. The van der Waals surface area contributed by atoms with Gasteiger partial charge in [-0.2, -0.15) is 18.4 Å². The molecule has 0 aliphatic rings. The van der Waals surface area contributed by atoms with Crippen LogP contribution in [-0.2, 0) is 23.3 Å². The summed E-state index contributed by atoms with van der Waals surface area (Å²) in [5.41, 5.74) is 0.553. The molecule has 5 aromatic rings. The Labute approximate surface area is 271 Å². The van der Waals surface area contributed by atoms with Crippen molar-refractivity contribution in [2.24, 2.45) is 0 Å². The Balaban J connectivity index is 1.33. The molecule has 0 saturated heterocycles. The number of carbonyl (C=O) groups is 2. The van der Waals surface area contributed by atoms with E-state index in [-0.39, 0.29) is 46.0 Å². The number of anilines is 3. The van der Waals surface area contributed by atoms with Gasteiger partial charge in [-0.1, -0.05) is 57.2 Å². The average molecular weight is 710 g/mol. The second kappa shape index (κ2) is 14.2. The summed E-state index contributed by atoms with van der Waals surface area (Å²) >= 11 is 4.51. The van der Waals surface area contributed by atoms with Crippen molar-refractivity contribution in [3.05, 3.63) is 100 Å². The van der Waals surface area contributed by atoms with Gasteiger partial charge in [0, 0.05) is 33.9 Å². The van der Waals surface area contributed by atoms with Crippen LogP contribution in [0.25, 0.3) is 11.3 Å². The zero-order valence-electron chi connectivity index (χ0n) is 23.3. The highest BCUT2D eigenvalue weighted by atomic mass is 79.9. The van der Waals surface area contributed by atoms with Gasteiger partial charge in [0.15, 0.2) is 11.0 Å². The number of carbonyl (C=O) groups excluding carboxylic acids is 2. The lowest BCUT2D eigenvalue weighted by atomic mass is 10.1. The maximum absolute atomic E-state index is 13.3. The monoisotopic (exact) mass is 708 g/mol. The van der Waals surface area contributed by atoms with Crippen LogP contribution in [0.2, 0.25) is 0 Å². The average Bonchev–Trinajstić information content (AvgIpc) is 3.47. The topological polar surface area (TPSA) is 163 Å². The standard InChI is InChI=1S/C29H20BrF3N10O2S/c30-19-9-7-17(8-10-19)25-22(13-34)26(36-20-5-3-4-18(12-20)29(31,32)33)40-28(39-25)46-16-21-14-43(42-41-21)15-24(44)38-27(45)37-23-6-1-2-11-35-23/h1-12,14H,15-16H2,(H,36,39,40)(H2,35,37,38,44,45). The Morgan fingerprint density at radius 1 is 1.04 bits per heavy atom. The van der Waals surface area contributed by atoms with Crippen molar-refractivity contribution in [3.63, 3.8) is 0 Å². The number of nitrogens with one attached hydrogen (secondary N) is 3. The summed E-state index contributed by atoms with van der Waals surface area (Å²) in [6, 6.07) is 17.8. The minimum atomic E-state index is -4.56. The van der Waals surface area contributed by atoms with Crippen LogP contribution in [-0.4, -0.2) is 41.9 Å². The lowest BCUT2D eigenvalue weighted by Gasteiger charge is -2.14. The maximum atomic E-state index is 13.3. The molecule has 3 N–H and O–H groups in total. The summed E-state index contributed by atoms with van der Waals surface area (Å²) in [7, 11) is 0. The van der Waals surface area contributed by atoms with Gasteiger partial charge in [0.05, 0.1) is 17.0 Å². The molecule has 0 atom stereocenters. The van der Waals surface area contributed by atoms with E-state index in [0.29, 0.717) is 11.3 Å². The summed E-state index contributed by atoms with van der Waals surface area (Å²) in [5.74, 6) is -0.162. The predicted octanol–water partition coefficient (Wildman–Crippen LogP) is 6.17. The first kappa shape index (κ1) is 32.1. The molecule has 232 valence electrons. The van der Waals surface area contributed by atoms with Crippen LogP contribution in [0, 0.1) is 11.3 Å². The minimum Gasteiger partial charge on any atom is -0.339 e. The number of rotatable bonds is 9. The number of pyridine rings is 1. The molecule has 0 aliphatic heterocycles. The van der Waals surface area contributed by atoms with E-state index in [0.717, 1.165) is 28.4 Å². The molecule has 0 fully saturated rings. The largest absolute Gasteiger partial charge is 0.416 e. The van der Waals surface area contributed by atoms with Crippen LogP contribution < -0.4 is 16.0 Å². The molecule has 12 nitrogen and oxygen atoms in total. The SMILES string of the molecule is N#Cc1c(Nc2cccc(C(F)(F)F)c2)nc(SCc2cn(CC(=O)NC(=O)Nc3ccccn3)nn2)nc1-c1ccc(Br)cc1. The number of urea groups is 1. The Morgan fingerprint density at radius 2 is 1.85 bits per heavy atom. The van der Waals surface area contributed by atoms with Crippen molar-refractivity contribution in [2.45, 2.75) is 23.6 Å². The second-order valence-electron chi connectivity index (χ2n) is 9.31. The number of hydrogen-bond acceptors (Lipinski definition) is 10. The molecule has 0 aliphatic carbocycles. The fraction of sp³-hybridized carbons (Fsp3) is 0.103. The van der Waals surface area contributed by atoms with Crippen LogP contribution >= 0.6 is 27.7 Å².